The van der Waals surface area contributed by atoms with Crippen LogP contribution in [0.5, 0.6) is 5.88 Å². The first kappa shape index (κ1) is 16.6. The van der Waals surface area contributed by atoms with Crippen LogP contribution in [0.25, 0.3) is 10.9 Å². The van der Waals surface area contributed by atoms with Gasteiger partial charge in [0, 0.05) is 30.1 Å². The lowest BCUT2D eigenvalue weighted by atomic mass is 9.89. The van der Waals surface area contributed by atoms with Crippen LogP contribution in [0.2, 0.25) is 0 Å². The number of pyridine rings is 1. The van der Waals surface area contributed by atoms with Gasteiger partial charge in [-0.25, -0.2) is 4.98 Å². The molecule has 0 atom stereocenters. The Morgan fingerprint density at radius 2 is 1.81 bits per heavy atom. The van der Waals surface area contributed by atoms with Crippen LogP contribution in [0.15, 0.2) is 60.7 Å². The quantitative estimate of drug-likeness (QED) is 0.711. The number of amides is 1. The number of methoxy groups -OCH3 is 1. The Bertz CT molecular complexity index is 916. The molecule has 0 N–H and O–H groups in total. The van der Waals surface area contributed by atoms with Crippen molar-refractivity contribution in [2.45, 2.75) is 18.8 Å². The summed E-state index contributed by atoms with van der Waals surface area (Å²) in [7, 11) is 1.60. The van der Waals surface area contributed by atoms with E-state index >= 15 is 0 Å². The zero-order chi connectivity index (χ0) is 17.9. The first-order valence-corrected chi connectivity index (χ1v) is 9.03. The number of hydrogen-bond acceptors (Lipinski definition) is 3. The molecule has 3 aromatic rings. The molecule has 0 aliphatic carbocycles. The average Bonchev–Trinajstić information content (AvgIpc) is 2.73. The van der Waals surface area contributed by atoms with Gasteiger partial charge in [0.1, 0.15) is 0 Å². The van der Waals surface area contributed by atoms with Crippen molar-refractivity contribution in [3.05, 3.63) is 71.8 Å². The summed E-state index contributed by atoms with van der Waals surface area (Å²) < 4.78 is 5.16. The lowest BCUT2D eigenvalue weighted by Gasteiger charge is -2.32. The van der Waals surface area contributed by atoms with Crippen LogP contribution in [0.3, 0.4) is 0 Å². The molecule has 0 unspecified atom stereocenters. The molecule has 1 aliphatic heterocycles. The van der Waals surface area contributed by atoms with Crippen LogP contribution in [0, 0.1) is 0 Å². The largest absolute Gasteiger partial charge is 0.481 e. The van der Waals surface area contributed by atoms with Crippen LogP contribution in [-0.4, -0.2) is 36.0 Å². The van der Waals surface area contributed by atoms with Crippen molar-refractivity contribution in [3.63, 3.8) is 0 Å². The Hall–Kier alpha value is -2.88. The molecule has 0 spiro atoms. The van der Waals surface area contributed by atoms with E-state index in [2.05, 4.69) is 29.2 Å². The number of piperidine rings is 1. The van der Waals surface area contributed by atoms with Crippen molar-refractivity contribution < 1.29 is 9.53 Å². The molecule has 132 valence electrons. The van der Waals surface area contributed by atoms with Gasteiger partial charge in [-0.15, -0.1) is 0 Å². The number of carbonyl (C=O) groups excluding carboxylic acids is 1. The zero-order valence-corrected chi connectivity index (χ0v) is 14.9. The van der Waals surface area contributed by atoms with E-state index in [0.29, 0.717) is 11.8 Å². The average molecular weight is 346 g/mol. The van der Waals surface area contributed by atoms with Crippen LogP contribution < -0.4 is 4.74 Å². The van der Waals surface area contributed by atoms with Crippen molar-refractivity contribution >= 4 is 16.8 Å². The van der Waals surface area contributed by atoms with Crippen molar-refractivity contribution in [2.75, 3.05) is 20.2 Å². The lowest BCUT2D eigenvalue weighted by Crippen LogP contribution is -2.37. The first-order valence-electron chi connectivity index (χ1n) is 9.03. The fourth-order valence-corrected chi connectivity index (χ4v) is 3.68. The van der Waals surface area contributed by atoms with Gasteiger partial charge in [-0.3, -0.25) is 4.79 Å². The summed E-state index contributed by atoms with van der Waals surface area (Å²) in [6, 6.07) is 20.0. The van der Waals surface area contributed by atoms with E-state index in [1.54, 1.807) is 7.11 Å². The van der Waals surface area contributed by atoms with Gasteiger partial charge in [0.25, 0.3) is 5.91 Å². The third-order valence-corrected chi connectivity index (χ3v) is 5.17. The number of benzene rings is 2. The van der Waals surface area contributed by atoms with Gasteiger partial charge in [-0.05, 0) is 48.6 Å². The molecule has 2 aromatic carbocycles. The molecule has 0 saturated carbocycles. The maximum absolute atomic E-state index is 12.9. The second kappa shape index (κ2) is 7.16. The molecule has 0 bridgehead atoms. The summed E-state index contributed by atoms with van der Waals surface area (Å²) >= 11 is 0. The molecule has 1 fully saturated rings. The maximum atomic E-state index is 12.9. The Kier molecular flexibility index (Phi) is 4.57. The van der Waals surface area contributed by atoms with Gasteiger partial charge in [-0.1, -0.05) is 30.3 Å². The second-order valence-electron chi connectivity index (χ2n) is 6.74. The number of hydrogen-bond donors (Lipinski definition) is 0. The number of nitrogens with zero attached hydrogens (tertiary/aromatic N) is 2. The van der Waals surface area contributed by atoms with Crippen LogP contribution >= 0.6 is 0 Å². The summed E-state index contributed by atoms with van der Waals surface area (Å²) in [5, 5.41) is 0.954. The van der Waals surface area contributed by atoms with Crippen LogP contribution in [0.1, 0.15) is 34.7 Å². The number of rotatable bonds is 3. The Morgan fingerprint density at radius 3 is 2.54 bits per heavy atom. The molecular formula is C22H22N2O2. The third kappa shape index (κ3) is 3.27. The molecule has 26 heavy (non-hydrogen) atoms. The molecule has 2 heterocycles. The molecule has 0 radical (unpaired) electrons. The topological polar surface area (TPSA) is 42.4 Å². The summed E-state index contributed by atoms with van der Waals surface area (Å²) in [6.45, 7) is 1.61. The van der Waals surface area contributed by atoms with Gasteiger partial charge >= 0.3 is 0 Å². The minimum atomic E-state index is 0.106. The zero-order valence-electron chi connectivity index (χ0n) is 14.9. The fourth-order valence-electron chi connectivity index (χ4n) is 3.68. The maximum Gasteiger partial charge on any atom is 0.253 e. The molecule has 1 aliphatic rings. The van der Waals surface area contributed by atoms with E-state index in [9.17, 15) is 4.79 Å². The number of ether oxygens (including phenoxy) is 1. The van der Waals surface area contributed by atoms with E-state index in [1.807, 2.05) is 41.3 Å². The standard InChI is InChI=1S/C22H22N2O2/c1-26-21-10-8-18-15-19(7-9-20(18)23-21)22(25)24-13-11-17(12-14-24)16-5-3-2-4-6-16/h2-10,15,17H,11-14H2,1H3. The van der Waals surface area contributed by atoms with E-state index in [-0.39, 0.29) is 5.91 Å². The highest BCUT2D eigenvalue weighted by atomic mass is 16.5. The monoisotopic (exact) mass is 346 g/mol. The van der Waals surface area contributed by atoms with Gasteiger partial charge in [0.05, 0.1) is 12.6 Å². The molecule has 4 rings (SSSR count). The third-order valence-electron chi connectivity index (χ3n) is 5.17. The Labute approximate surface area is 153 Å². The van der Waals surface area contributed by atoms with Gasteiger partial charge < -0.3 is 9.64 Å². The molecule has 1 aromatic heterocycles. The Morgan fingerprint density at radius 1 is 1.04 bits per heavy atom. The highest BCUT2D eigenvalue weighted by molar-refractivity contribution is 5.98. The summed E-state index contributed by atoms with van der Waals surface area (Å²) in [5.41, 5.74) is 2.94. The Balaban J connectivity index is 1.47. The second-order valence-corrected chi connectivity index (χ2v) is 6.74. The molecule has 4 heteroatoms. The van der Waals surface area contributed by atoms with Gasteiger partial charge in [0.2, 0.25) is 5.88 Å². The molecule has 1 saturated heterocycles. The minimum absolute atomic E-state index is 0.106. The molecule has 4 nitrogen and oxygen atoms in total. The molecule has 1 amide bonds. The van der Waals surface area contributed by atoms with E-state index < -0.39 is 0 Å². The summed E-state index contributed by atoms with van der Waals surface area (Å²) in [5.74, 6) is 1.24. The van der Waals surface area contributed by atoms with E-state index in [1.165, 1.54) is 5.56 Å². The normalized spacial score (nSPS) is 15.2. The smallest absolute Gasteiger partial charge is 0.253 e. The van der Waals surface area contributed by atoms with Crippen molar-refractivity contribution in [1.29, 1.82) is 0 Å². The summed E-state index contributed by atoms with van der Waals surface area (Å²) in [4.78, 5) is 19.3. The lowest BCUT2D eigenvalue weighted by molar-refractivity contribution is 0.0713. The van der Waals surface area contributed by atoms with E-state index in [4.69, 9.17) is 4.74 Å². The highest BCUT2D eigenvalue weighted by Crippen LogP contribution is 2.28. The van der Waals surface area contributed by atoms with Gasteiger partial charge in [0.15, 0.2) is 0 Å². The van der Waals surface area contributed by atoms with Crippen LogP contribution in [0.4, 0.5) is 0 Å². The number of likely N-dealkylation sites (tertiary alicyclic amines) is 1. The predicted molar refractivity (Wildman–Crippen MR) is 103 cm³/mol. The highest BCUT2D eigenvalue weighted by Gasteiger charge is 2.24. The van der Waals surface area contributed by atoms with Gasteiger partial charge in [-0.2, -0.15) is 0 Å². The van der Waals surface area contributed by atoms with Crippen LogP contribution in [-0.2, 0) is 0 Å². The van der Waals surface area contributed by atoms with Crippen molar-refractivity contribution in [3.8, 4) is 5.88 Å². The molecular weight excluding hydrogens is 324 g/mol. The predicted octanol–water partition coefficient (Wildman–Crippen LogP) is 4.26. The fraction of sp³-hybridized carbons (Fsp3) is 0.273. The number of fused-ring (bicyclic) bond motifs is 1. The minimum Gasteiger partial charge on any atom is -0.481 e. The van der Waals surface area contributed by atoms with Crippen molar-refractivity contribution in [1.82, 2.24) is 9.88 Å². The summed E-state index contributed by atoms with van der Waals surface area (Å²) in [6.07, 6.45) is 2.03. The first-order chi connectivity index (χ1) is 12.7. The SMILES string of the molecule is COc1ccc2cc(C(=O)N3CCC(c4ccccc4)CC3)ccc2n1. The van der Waals surface area contributed by atoms with Crippen molar-refractivity contribution in [2.24, 2.45) is 0 Å². The number of carbonyl (C=O) groups is 1. The number of aromatic nitrogens is 1. The van der Waals surface area contributed by atoms with E-state index in [0.717, 1.165) is 42.4 Å².